The van der Waals surface area contributed by atoms with Gasteiger partial charge in [0.2, 0.25) is 0 Å². The maximum absolute atomic E-state index is 11.3. The maximum atomic E-state index is 11.3. The summed E-state index contributed by atoms with van der Waals surface area (Å²) < 4.78 is 8.57. The molecule has 0 aliphatic carbocycles. The molecule has 2 N–H and O–H groups in total. The molecule has 1 heterocycles. The van der Waals surface area contributed by atoms with Gasteiger partial charge in [0.05, 0.1) is 6.20 Å². The third kappa shape index (κ3) is 5.62. The van der Waals surface area contributed by atoms with Gasteiger partial charge in [-0.25, -0.2) is 4.79 Å². The van der Waals surface area contributed by atoms with Crippen LogP contribution in [-0.2, 0) is 4.74 Å². The SMILES string of the molecule is COCCCCCNC(=O)Nc1cnns1. The van der Waals surface area contributed by atoms with Gasteiger partial charge in [0, 0.05) is 31.8 Å². The number of nitrogens with one attached hydrogen (secondary N) is 2. The van der Waals surface area contributed by atoms with Gasteiger partial charge in [0.25, 0.3) is 0 Å². The summed E-state index contributed by atoms with van der Waals surface area (Å²) in [5, 5.41) is 9.67. The normalized spacial score (nSPS) is 10.1. The number of anilines is 1. The molecule has 0 saturated heterocycles. The Bertz CT molecular complexity index is 292. The van der Waals surface area contributed by atoms with Crippen LogP contribution in [0, 0.1) is 0 Å². The van der Waals surface area contributed by atoms with Crippen LogP contribution in [0.15, 0.2) is 6.20 Å². The molecular weight excluding hydrogens is 228 g/mol. The second-order valence-electron chi connectivity index (χ2n) is 3.22. The van der Waals surface area contributed by atoms with Crippen molar-refractivity contribution in [1.82, 2.24) is 14.9 Å². The fourth-order valence-electron chi connectivity index (χ4n) is 1.13. The maximum Gasteiger partial charge on any atom is 0.319 e. The standard InChI is InChI=1S/C9H16N4O2S/c1-15-6-4-2-3-5-10-9(14)12-8-7-11-13-16-8/h7H,2-6H2,1H3,(H2,10,12,14). The Morgan fingerprint density at radius 1 is 1.50 bits per heavy atom. The van der Waals surface area contributed by atoms with Gasteiger partial charge in [-0.2, -0.15) is 0 Å². The molecule has 1 aromatic rings. The zero-order chi connectivity index (χ0) is 11.6. The van der Waals surface area contributed by atoms with Gasteiger partial charge >= 0.3 is 6.03 Å². The molecule has 90 valence electrons. The molecule has 0 fully saturated rings. The van der Waals surface area contributed by atoms with E-state index in [4.69, 9.17) is 4.74 Å². The number of hydrogen-bond donors (Lipinski definition) is 2. The molecule has 0 atom stereocenters. The summed E-state index contributed by atoms with van der Waals surface area (Å²) in [6, 6.07) is -0.210. The van der Waals surface area contributed by atoms with Crippen molar-refractivity contribution >= 4 is 22.6 Å². The third-order valence-electron chi connectivity index (χ3n) is 1.91. The minimum absolute atomic E-state index is 0.210. The van der Waals surface area contributed by atoms with Crippen molar-refractivity contribution in [2.75, 3.05) is 25.6 Å². The lowest BCUT2D eigenvalue weighted by molar-refractivity contribution is 0.192. The summed E-state index contributed by atoms with van der Waals surface area (Å²) in [7, 11) is 1.69. The molecule has 16 heavy (non-hydrogen) atoms. The number of hydrogen-bond acceptors (Lipinski definition) is 5. The largest absolute Gasteiger partial charge is 0.385 e. The van der Waals surface area contributed by atoms with E-state index in [9.17, 15) is 4.79 Å². The van der Waals surface area contributed by atoms with Crippen LogP contribution >= 0.6 is 11.5 Å². The molecule has 0 aromatic carbocycles. The van der Waals surface area contributed by atoms with E-state index in [1.165, 1.54) is 6.20 Å². The van der Waals surface area contributed by atoms with Crippen LogP contribution in [0.3, 0.4) is 0 Å². The number of carbonyl (C=O) groups is 1. The molecule has 2 amide bonds. The lowest BCUT2D eigenvalue weighted by Crippen LogP contribution is -2.29. The Morgan fingerprint density at radius 2 is 2.38 bits per heavy atom. The molecule has 0 saturated carbocycles. The number of rotatable bonds is 7. The van der Waals surface area contributed by atoms with Crippen molar-refractivity contribution in [3.05, 3.63) is 6.20 Å². The number of urea groups is 1. The van der Waals surface area contributed by atoms with Crippen LogP contribution in [0.1, 0.15) is 19.3 Å². The van der Waals surface area contributed by atoms with E-state index in [1.807, 2.05) is 0 Å². The highest BCUT2D eigenvalue weighted by Crippen LogP contribution is 2.08. The molecule has 0 radical (unpaired) electrons. The first-order valence-corrected chi connectivity index (χ1v) is 5.91. The molecule has 6 nitrogen and oxygen atoms in total. The molecule has 0 spiro atoms. The first-order valence-electron chi connectivity index (χ1n) is 5.14. The molecule has 1 rings (SSSR count). The second-order valence-corrected chi connectivity index (χ2v) is 4.00. The van der Waals surface area contributed by atoms with E-state index in [2.05, 4.69) is 20.2 Å². The number of carbonyl (C=O) groups excluding carboxylic acids is 1. The van der Waals surface area contributed by atoms with Crippen LogP contribution < -0.4 is 10.6 Å². The number of amides is 2. The molecule has 7 heteroatoms. The summed E-state index contributed by atoms with van der Waals surface area (Å²) in [5.74, 6) is 0. The average molecular weight is 244 g/mol. The van der Waals surface area contributed by atoms with Gasteiger partial charge in [-0.3, -0.25) is 5.32 Å². The number of ether oxygens (including phenoxy) is 1. The molecule has 0 aliphatic heterocycles. The van der Waals surface area contributed by atoms with Gasteiger partial charge < -0.3 is 10.1 Å². The van der Waals surface area contributed by atoms with E-state index in [1.54, 1.807) is 7.11 Å². The monoisotopic (exact) mass is 244 g/mol. The topological polar surface area (TPSA) is 76.1 Å². The van der Waals surface area contributed by atoms with Crippen LogP contribution in [0.2, 0.25) is 0 Å². The molecule has 0 aliphatic rings. The predicted octanol–water partition coefficient (Wildman–Crippen LogP) is 1.48. The lowest BCUT2D eigenvalue weighted by Gasteiger charge is -2.04. The van der Waals surface area contributed by atoms with Crippen molar-refractivity contribution in [2.45, 2.75) is 19.3 Å². The molecule has 1 aromatic heterocycles. The molecular formula is C9H16N4O2S. The number of unbranched alkanes of at least 4 members (excludes halogenated alkanes) is 2. The Morgan fingerprint density at radius 3 is 3.06 bits per heavy atom. The minimum Gasteiger partial charge on any atom is -0.385 e. The Balaban J connectivity index is 1.98. The highest BCUT2D eigenvalue weighted by atomic mass is 32.1. The third-order valence-corrected chi connectivity index (χ3v) is 2.49. The van der Waals surface area contributed by atoms with Gasteiger partial charge in [0.15, 0.2) is 0 Å². The second kappa shape index (κ2) is 8.00. The van der Waals surface area contributed by atoms with Crippen molar-refractivity contribution in [3.63, 3.8) is 0 Å². The summed E-state index contributed by atoms with van der Waals surface area (Å²) in [6.45, 7) is 1.44. The summed E-state index contributed by atoms with van der Waals surface area (Å²) >= 11 is 1.15. The number of methoxy groups -OCH3 is 1. The number of nitrogens with zero attached hydrogens (tertiary/aromatic N) is 2. The fourth-order valence-corrected chi connectivity index (χ4v) is 1.54. The van der Waals surface area contributed by atoms with Crippen LogP contribution in [0.25, 0.3) is 0 Å². The van der Waals surface area contributed by atoms with Gasteiger partial charge in [-0.05, 0) is 19.3 Å². The Labute approximate surface area is 98.5 Å². The smallest absolute Gasteiger partial charge is 0.319 e. The fraction of sp³-hybridized carbons (Fsp3) is 0.667. The summed E-state index contributed by atoms with van der Waals surface area (Å²) in [5.41, 5.74) is 0. The van der Waals surface area contributed by atoms with E-state index in [0.717, 1.165) is 37.4 Å². The van der Waals surface area contributed by atoms with Gasteiger partial charge in [-0.1, -0.05) is 4.49 Å². The Hall–Kier alpha value is -1.21. The van der Waals surface area contributed by atoms with Crippen molar-refractivity contribution in [2.24, 2.45) is 0 Å². The van der Waals surface area contributed by atoms with Crippen molar-refractivity contribution < 1.29 is 9.53 Å². The van der Waals surface area contributed by atoms with Crippen LogP contribution in [0.5, 0.6) is 0 Å². The van der Waals surface area contributed by atoms with E-state index in [-0.39, 0.29) is 6.03 Å². The Kier molecular flexibility index (Phi) is 6.43. The summed E-state index contributed by atoms with van der Waals surface area (Å²) in [4.78, 5) is 11.3. The number of aromatic nitrogens is 2. The average Bonchev–Trinajstić information content (AvgIpc) is 2.76. The van der Waals surface area contributed by atoms with Crippen molar-refractivity contribution in [3.8, 4) is 0 Å². The van der Waals surface area contributed by atoms with Crippen LogP contribution in [-0.4, -0.2) is 35.9 Å². The van der Waals surface area contributed by atoms with Crippen LogP contribution in [0.4, 0.5) is 9.80 Å². The van der Waals surface area contributed by atoms with Gasteiger partial charge in [-0.15, -0.1) is 5.10 Å². The van der Waals surface area contributed by atoms with E-state index < -0.39 is 0 Å². The van der Waals surface area contributed by atoms with Crippen molar-refractivity contribution in [1.29, 1.82) is 0 Å². The lowest BCUT2D eigenvalue weighted by atomic mass is 10.2. The quantitative estimate of drug-likeness (QED) is 0.712. The first-order chi connectivity index (χ1) is 7.83. The highest BCUT2D eigenvalue weighted by Gasteiger charge is 2.01. The van der Waals surface area contributed by atoms with E-state index >= 15 is 0 Å². The first kappa shape index (κ1) is 12.9. The highest BCUT2D eigenvalue weighted by molar-refractivity contribution is 7.10. The van der Waals surface area contributed by atoms with Gasteiger partial charge in [0.1, 0.15) is 5.00 Å². The predicted molar refractivity (Wildman–Crippen MR) is 62.7 cm³/mol. The molecule has 0 unspecified atom stereocenters. The minimum atomic E-state index is -0.210. The van der Waals surface area contributed by atoms with E-state index in [0.29, 0.717) is 11.5 Å². The zero-order valence-corrected chi connectivity index (χ0v) is 10.0. The molecule has 0 bridgehead atoms. The zero-order valence-electron chi connectivity index (χ0n) is 9.23. The summed E-state index contributed by atoms with van der Waals surface area (Å²) in [6.07, 6.45) is 4.55.